The molecule has 21 heteroatoms. The van der Waals surface area contributed by atoms with E-state index in [1.54, 1.807) is 0 Å². The minimum atomic E-state index is -4.99. The number of aliphatic hydroxyl groups excluding tert-OH is 4. The predicted molar refractivity (Wildman–Crippen MR) is 113 cm³/mol. The lowest BCUT2D eigenvalue weighted by Crippen LogP contribution is -2.48. The average molecular weight is 560 g/mol. The topological polar surface area (TPSA) is 289 Å². The molecule has 36 heavy (non-hydrogen) atoms. The molecular weight excluding hydrogens is 536 g/mol. The monoisotopic (exact) mass is 560 g/mol. The van der Waals surface area contributed by atoms with E-state index in [9.17, 15) is 44.8 Å². The lowest BCUT2D eigenvalue weighted by atomic mass is 10.1. The second-order valence-electron chi connectivity index (χ2n) is 8.28. The molecule has 0 spiro atoms. The van der Waals surface area contributed by atoms with Gasteiger partial charge in [0.05, 0.1) is 4.31 Å². The molecule has 2 saturated heterocycles. The number of hydrogen-bond donors (Lipinski definition) is 10. The first-order valence-corrected chi connectivity index (χ1v) is 13.4. The number of aromatic nitrogens is 4. The van der Waals surface area contributed by atoms with Crippen molar-refractivity contribution < 1.29 is 67.4 Å². The van der Waals surface area contributed by atoms with Gasteiger partial charge in [-0.15, -0.1) is 14.0 Å². The van der Waals surface area contributed by atoms with Gasteiger partial charge in [-0.3, -0.25) is 14.3 Å². The molecule has 8 bridgehead atoms. The maximum absolute atomic E-state index is 13.2. The molecular formula is C15H24N5O14P2+3. The van der Waals surface area contributed by atoms with Crippen molar-refractivity contribution in [3.8, 4) is 0 Å². The maximum Gasteiger partial charge on any atom is 0.620 e. The van der Waals surface area contributed by atoms with Gasteiger partial charge in [-0.05, 0) is 0 Å². The van der Waals surface area contributed by atoms with E-state index in [1.165, 1.54) is 0 Å². The third-order valence-electron chi connectivity index (χ3n) is 5.95. The third kappa shape index (κ3) is 4.41. The molecule has 6 heterocycles. The highest BCUT2D eigenvalue weighted by Crippen LogP contribution is 2.70. The molecule has 0 amide bonds. The van der Waals surface area contributed by atoms with E-state index in [2.05, 4.69) is 14.3 Å². The first kappa shape index (κ1) is 26.1. The van der Waals surface area contributed by atoms with Gasteiger partial charge in [-0.25, -0.2) is 0 Å². The quantitative estimate of drug-likeness (QED) is 0.107. The van der Waals surface area contributed by atoms with Crippen LogP contribution in [0.5, 0.6) is 0 Å². The summed E-state index contributed by atoms with van der Waals surface area (Å²) in [4.78, 5) is 59.8. The lowest BCUT2D eigenvalue weighted by molar-refractivity contribution is -0.732. The molecule has 2 aromatic heterocycles. The van der Waals surface area contributed by atoms with Crippen molar-refractivity contribution in [2.45, 2.75) is 49.1 Å². The van der Waals surface area contributed by atoms with Crippen LogP contribution in [0.3, 0.4) is 0 Å². The van der Waals surface area contributed by atoms with Gasteiger partial charge in [0.1, 0.15) is 49.8 Å². The molecule has 0 radical (unpaired) electrons. The number of hydrogen-bond acceptors (Lipinski definition) is 16. The zero-order valence-electron chi connectivity index (χ0n) is 18.0. The maximum atomic E-state index is 13.2. The van der Waals surface area contributed by atoms with Crippen molar-refractivity contribution in [2.75, 3.05) is 18.9 Å². The minimum Gasteiger partial charge on any atom is -0.387 e. The number of nitrogens with two attached hydrogens (primary N) is 1. The van der Waals surface area contributed by atoms with E-state index in [0.29, 0.717) is 0 Å². The highest BCUT2D eigenvalue weighted by atomic mass is 31.3. The Morgan fingerprint density at radius 3 is 2.19 bits per heavy atom. The number of aromatic amines is 1. The van der Waals surface area contributed by atoms with Crippen molar-refractivity contribution in [3.05, 3.63) is 16.7 Å². The van der Waals surface area contributed by atoms with Gasteiger partial charge in [0.2, 0.25) is 11.7 Å². The van der Waals surface area contributed by atoms with Gasteiger partial charge in [0.25, 0.3) is 11.2 Å². The van der Waals surface area contributed by atoms with Crippen LogP contribution < -0.4 is 15.9 Å². The summed E-state index contributed by atoms with van der Waals surface area (Å²) >= 11 is 0. The SMILES string of the molecule is Nc1[nH]c2c(=O)n3cnc2[n+]1[C@@H]1O[C@H](CO[P+](O)(O)O[P+](O)(O)OC[C@H]2O[C@@H]3[C@H](O)[C@@H]2O)[C@@H](O)[C@H]1O. The fraction of sp³-hybridized carbons (Fsp3) is 0.667. The van der Waals surface area contributed by atoms with Gasteiger partial charge >= 0.3 is 22.3 Å². The first-order chi connectivity index (χ1) is 16.8. The van der Waals surface area contributed by atoms with Crippen molar-refractivity contribution in [1.29, 1.82) is 0 Å². The van der Waals surface area contributed by atoms with Gasteiger partial charge in [-0.1, -0.05) is 0 Å². The van der Waals surface area contributed by atoms with E-state index >= 15 is 0 Å². The Bertz CT molecular complexity index is 1210. The van der Waals surface area contributed by atoms with Gasteiger partial charge in [-0.2, -0.15) is 24.1 Å². The fourth-order valence-electron chi connectivity index (χ4n) is 4.20. The molecule has 4 aliphatic heterocycles. The molecule has 2 aromatic rings. The number of ether oxygens (including phenoxy) is 2. The van der Waals surface area contributed by atoms with Crippen LogP contribution >= 0.6 is 16.3 Å². The van der Waals surface area contributed by atoms with Crippen molar-refractivity contribution in [2.24, 2.45) is 0 Å². The number of anilines is 1. The number of imidazole rings is 1. The Balaban J connectivity index is 1.60. The van der Waals surface area contributed by atoms with E-state index in [-0.39, 0.29) is 17.1 Å². The van der Waals surface area contributed by atoms with Gasteiger partial charge < -0.3 is 35.6 Å². The number of nitrogen functional groups attached to an aromatic ring is 1. The van der Waals surface area contributed by atoms with Crippen LogP contribution in [0.1, 0.15) is 12.5 Å². The molecule has 4 aliphatic rings. The van der Waals surface area contributed by atoms with Crippen LogP contribution in [-0.4, -0.2) is 104 Å². The molecule has 200 valence electrons. The molecule has 0 saturated carbocycles. The Labute approximate surface area is 200 Å². The van der Waals surface area contributed by atoms with Gasteiger partial charge in [0.15, 0.2) is 12.6 Å². The van der Waals surface area contributed by atoms with E-state index in [1.807, 2.05) is 0 Å². The predicted octanol–water partition coefficient (Wildman–Crippen LogP) is -4.78. The minimum absolute atomic E-state index is 0.106. The fourth-order valence-corrected chi connectivity index (χ4v) is 6.36. The summed E-state index contributed by atoms with van der Waals surface area (Å²) in [5.74, 6) is -0.216. The molecule has 0 unspecified atom stereocenters. The molecule has 0 aromatic carbocycles. The highest BCUT2D eigenvalue weighted by Gasteiger charge is 2.62. The largest absolute Gasteiger partial charge is 0.620 e. The normalized spacial score (nSPS) is 38.4. The van der Waals surface area contributed by atoms with Crippen LogP contribution in [0.4, 0.5) is 5.95 Å². The van der Waals surface area contributed by atoms with Gasteiger partial charge in [0, 0.05) is 0 Å². The average Bonchev–Trinajstić information content (AvgIpc) is 3.37. The summed E-state index contributed by atoms with van der Waals surface area (Å²) < 4.78 is 26.9. The highest BCUT2D eigenvalue weighted by molar-refractivity contribution is 7.68. The zero-order chi connectivity index (χ0) is 26.2. The summed E-state index contributed by atoms with van der Waals surface area (Å²) in [6.45, 7) is -1.63. The Morgan fingerprint density at radius 2 is 1.56 bits per heavy atom. The van der Waals surface area contributed by atoms with Crippen LogP contribution in [0.2, 0.25) is 0 Å². The number of nitrogens with zero attached hydrogens (tertiary/aromatic N) is 3. The summed E-state index contributed by atoms with van der Waals surface area (Å²) in [5.41, 5.74) is 4.87. The van der Waals surface area contributed by atoms with Crippen LogP contribution in [-0.2, 0) is 22.8 Å². The number of nitrogens with one attached hydrogen (secondary N) is 1. The van der Waals surface area contributed by atoms with Crippen LogP contribution in [0.15, 0.2) is 11.1 Å². The molecule has 0 aliphatic carbocycles. The smallest absolute Gasteiger partial charge is 0.387 e. The third-order valence-corrected chi connectivity index (χ3v) is 8.62. The summed E-state index contributed by atoms with van der Waals surface area (Å²) in [6, 6.07) is 0. The van der Waals surface area contributed by atoms with E-state index in [4.69, 9.17) is 24.3 Å². The standard InChI is InChI=1S/C15H23N5O14P2/c16-15-18-6-11-17-3-19(12(6)25)13-9(23)7(21)4(32-13)1-30-35(26,27)34-36(28,29)31-2-5-8(22)10(24)14(33-5)20(11)15/h3-5,7-10,13-14,21-24,26-29H,1-2H2,(H2,16,18)/q+2/p+1/t4-,5-,7-,8-,9-,10-,13-,14-/m1/s1. The summed E-state index contributed by atoms with van der Waals surface area (Å²) in [5, 5.41) is 41.7. The van der Waals surface area contributed by atoms with Crippen molar-refractivity contribution >= 4 is 33.5 Å². The summed E-state index contributed by atoms with van der Waals surface area (Å²) in [7, 11) is -9.97. The van der Waals surface area contributed by atoms with Crippen molar-refractivity contribution in [1.82, 2.24) is 14.5 Å². The first-order valence-electron chi connectivity index (χ1n) is 10.3. The number of H-pyrrole nitrogens is 1. The molecule has 6 rings (SSSR count). The number of rotatable bonds is 0. The number of fused-ring (bicyclic) bond motifs is 7. The van der Waals surface area contributed by atoms with Crippen LogP contribution in [0.25, 0.3) is 11.2 Å². The van der Waals surface area contributed by atoms with E-state index in [0.717, 1.165) is 15.5 Å². The van der Waals surface area contributed by atoms with Crippen molar-refractivity contribution in [3.63, 3.8) is 0 Å². The van der Waals surface area contributed by atoms with Crippen LogP contribution in [0, 0.1) is 0 Å². The second kappa shape index (κ2) is 9.05. The molecule has 19 nitrogen and oxygen atoms in total. The lowest BCUT2D eigenvalue weighted by Gasteiger charge is -2.17. The Hall–Kier alpha value is -1.51. The molecule has 2 fully saturated rings. The Morgan fingerprint density at radius 1 is 0.972 bits per heavy atom. The molecule has 11 N–H and O–H groups in total. The number of aliphatic hydroxyl groups is 4. The zero-order valence-corrected chi connectivity index (χ0v) is 19.7. The Kier molecular flexibility index (Phi) is 6.57. The second-order valence-corrected chi connectivity index (χ2v) is 11.4. The molecule has 8 atom stereocenters. The van der Waals surface area contributed by atoms with E-state index < -0.39 is 84.2 Å². The summed E-state index contributed by atoms with van der Waals surface area (Å²) in [6.07, 6.45) is -11.5.